The van der Waals surface area contributed by atoms with Gasteiger partial charge in [0.25, 0.3) is 0 Å². The van der Waals surface area contributed by atoms with Gasteiger partial charge >= 0.3 is 0 Å². The highest BCUT2D eigenvalue weighted by molar-refractivity contribution is 9.10. The Bertz CT molecular complexity index is 975. The van der Waals surface area contributed by atoms with Gasteiger partial charge in [-0.3, -0.25) is 0 Å². The molecule has 1 aromatic carbocycles. The van der Waals surface area contributed by atoms with Crippen LogP contribution in [0.4, 0.5) is 10.1 Å². The molecule has 0 atom stereocenters. The summed E-state index contributed by atoms with van der Waals surface area (Å²) in [6, 6.07) is 10.1. The fraction of sp³-hybridized carbons (Fsp3) is 0.250. The first-order chi connectivity index (χ1) is 13.5. The summed E-state index contributed by atoms with van der Waals surface area (Å²) in [7, 11) is 1.97. The largest absolute Gasteiger partial charge is 0.471 e. The minimum absolute atomic E-state index is 0.261. The van der Waals surface area contributed by atoms with Crippen molar-refractivity contribution in [3.63, 3.8) is 0 Å². The monoisotopic (exact) mass is 462 g/mol. The molecule has 28 heavy (non-hydrogen) atoms. The third kappa shape index (κ3) is 5.14. The summed E-state index contributed by atoms with van der Waals surface area (Å²) >= 11 is 4.86. The van der Waals surface area contributed by atoms with Crippen LogP contribution < -0.4 is 4.74 Å². The van der Waals surface area contributed by atoms with Crippen LogP contribution in [0.25, 0.3) is 11.3 Å². The summed E-state index contributed by atoms with van der Waals surface area (Å²) in [4.78, 5) is 11.9. The van der Waals surface area contributed by atoms with Gasteiger partial charge in [-0.15, -0.1) is 0 Å². The second kappa shape index (κ2) is 9.25. The van der Waals surface area contributed by atoms with Crippen LogP contribution in [-0.4, -0.2) is 34.2 Å². The maximum Gasteiger partial charge on any atom is 0.228 e. The number of benzene rings is 1. The number of aryl methyl sites for hydroxylation is 1. The van der Waals surface area contributed by atoms with Crippen LogP contribution >= 0.6 is 27.5 Å². The summed E-state index contributed by atoms with van der Waals surface area (Å²) < 4.78 is 24.1. The summed E-state index contributed by atoms with van der Waals surface area (Å²) in [5.41, 5.74) is 3.25. The van der Waals surface area contributed by atoms with Crippen molar-refractivity contribution >= 4 is 39.5 Å². The molecule has 0 bridgehead atoms. The van der Waals surface area contributed by atoms with Crippen molar-refractivity contribution in [1.29, 1.82) is 0 Å². The molecule has 0 radical (unpaired) electrons. The number of aliphatic imine (C=N–C) groups is 1. The maximum atomic E-state index is 13.1. The van der Waals surface area contributed by atoms with E-state index in [-0.39, 0.29) is 5.82 Å². The van der Waals surface area contributed by atoms with E-state index in [0.29, 0.717) is 12.5 Å². The number of halogens is 2. The second-order valence-corrected chi connectivity index (χ2v) is 7.92. The Hall–Kier alpha value is -2.32. The van der Waals surface area contributed by atoms with Crippen LogP contribution in [0.2, 0.25) is 0 Å². The summed E-state index contributed by atoms with van der Waals surface area (Å²) in [5.74, 6) is 0.250. The molecule has 3 rings (SSSR count). The van der Waals surface area contributed by atoms with Gasteiger partial charge in [-0.2, -0.15) is 4.37 Å². The molecule has 8 heteroatoms. The molecule has 0 spiro atoms. The van der Waals surface area contributed by atoms with Gasteiger partial charge in [0.15, 0.2) is 0 Å². The normalized spacial score (nSPS) is 11.2. The van der Waals surface area contributed by atoms with E-state index in [0.717, 1.165) is 38.5 Å². The number of hydrogen-bond donors (Lipinski definition) is 0. The van der Waals surface area contributed by atoms with Crippen LogP contribution in [0.5, 0.6) is 5.88 Å². The maximum absolute atomic E-state index is 13.1. The molecule has 0 saturated heterocycles. The Kier molecular flexibility index (Phi) is 6.74. The number of aromatic nitrogens is 2. The number of nitrogens with zero attached hydrogens (tertiary/aromatic N) is 4. The molecule has 0 fully saturated rings. The molecular weight excluding hydrogens is 443 g/mol. The van der Waals surface area contributed by atoms with Crippen molar-refractivity contribution in [1.82, 2.24) is 14.3 Å². The van der Waals surface area contributed by atoms with Crippen molar-refractivity contribution in [3.8, 4) is 17.1 Å². The first kappa shape index (κ1) is 20.4. The van der Waals surface area contributed by atoms with Crippen LogP contribution in [0.3, 0.4) is 0 Å². The van der Waals surface area contributed by atoms with Gasteiger partial charge in [-0.05, 0) is 77.7 Å². The summed E-state index contributed by atoms with van der Waals surface area (Å²) in [6.45, 7) is 5.19. The molecule has 0 saturated carbocycles. The van der Waals surface area contributed by atoms with E-state index < -0.39 is 0 Å². The van der Waals surface area contributed by atoms with E-state index in [2.05, 4.69) is 37.2 Å². The number of rotatable bonds is 7. The van der Waals surface area contributed by atoms with Gasteiger partial charge in [-0.25, -0.2) is 14.4 Å². The van der Waals surface area contributed by atoms with Crippen molar-refractivity contribution in [3.05, 3.63) is 57.3 Å². The Morgan fingerprint density at radius 1 is 1.29 bits per heavy atom. The second-order valence-electron chi connectivity index (χ2n) is 6.17. The van der Waals surface area contributed by atoms with Gasteiger partial charge in [-0.1, -0.05) is 0 Å². The highest BCUT2D eigenvalue weighted by atomic mass is 79.9. The number of hydrogen-bond acceptors (Lipinski definition) is 5. The van der Waals surface area contributed by atoms with Crippen molar-refractivity contribution in [2.75, 3.05) is 13.6 Å². The van der Waals surface area contributed by atoms with Gasteiger partial charge in [0.05, 0.1) is 32.8 Å². The van der Waals surface area contributed by atoms with Crippen LogP contribution in [-0.2, 0) is 6.61 Å². The van der Waals surface area contributed by atoms with Gasteiger partial charge < -0.3 is 9.64 Å². The fourth-order valence-electron chi connectivity index (χ4n) is 2.30. The molecule has 2 aromatic heterocycles. The number of ether oxygens (including phenoxy) is 1. The third-order valence-electron chi connectivity index (χ3n) is 4.05. The van der Waals surface area contributed by atoms with E-state index >= 15 is 0 Å². The minimum atomic E-state index is -0.261. The molecule has 0 aliphatic carbocycles. The molecule has 0 amide bonds. The zero-order valence-electron chi connectivity index (χ0n) is 15.8. The molecule has 0 aliphatic rings. The molecule has 0 unspecified atom stereocenters. The molecule has 2 heterocycles. The molecular formula is C20H20BrFN4OS. The van der Waals surface area contributed by atoms with Crippen LogP contribution in [0, 0.1) is 12.7 Å². The van der Waals surface area contributed by atoms with E-state index in [4.69, 9.17) is 4.74 Å². The minimum Gasteiger partial charge on any atom is -0.471 e. The Morgan fingerprint density at radius 3 is 2.75 bits per heavy atom. The van der Waals surface area contributed by atoms with E-state index in [1.54, 1.807) is 18.5 Å². The molecule has 0 aliphatic heterocycles. The zero-order chi connectivity index (χ0) is 20.1. The molecule has 0 N–H and O–H groups in total. The van der Waals surface area contributed by atoms with E-state index in [9.17, 15) is 4.39 Å². The first-order valence-electron chi connectivity index (χ1n) is 8.72. The quantitative estimate of drug-likeness (QED) is 0.338. The highest BCUT2D eigenvalue weighted by Gasteiger charge is 2.11. The molecule has 5 nitrogen and oxygen atoms in total. The Labute approximate surface area is 176 Å². The topological polar surface area (TPSA) is 50.6 Å². The first-order valence-corrected chi connectivity index (χ1v) is 10.3. The lowest BCUT2D eigenvalue weighted by molar-refractivity contribution is 0.294. The standard InChI is InChI=1S/C20H20BrFN4OS/c1-4-26(3)12-23-18-10-17(21)20(24-13(18)2)27-11-16-9-19(25-28-16)14-5-7-15(22)8-6-14/h5-10,12H,4,11H2,1-3H3. The van der Waals surface area contributed by atoms with Gasteiger partial charge in [0.2, 0.25) is 5.88 Å². The van der Waals surface area contributed by atoms with E-state index in [1.807, 2.05) is 31.0 Å². The molecule has 3 aromatic rings. The van der Waals surface area contributed by atoms with Gasteiger partial charge in [0, 0.05) is 19.2 Å². The SMILES string of the molecule is CCN(C)C=Nc1cc(Br)c(OCc2cc(-c3ccc(F)cc3)ns2)nc1C. The fourth-order valence-corrected chi connectivity index (χ4v) is 3.37. The average Bonchev–Trinajstić information content (AvgIpc) is 3.16. The van der Waals surface area contributed by atoms with E-state index in [1.165, 1.54) is 23.7 Å². The summed E-state index contributed by atoms with van der Waals surface area (Å²) in [6.07, 6.45) is 1.78. The van der Waals surface area contributed by atoms with Gasteiger partial charge in [0.1, 0.15) is 12.4 Å². The van der Waals surface area contributed by atoms with Crippen molar-refractivity contribution in [2.24, 2.45) is 4.99 Å². The molecule has 146 valence electrons. The summed E-state index contributed by atoms with van der Waals surface area (Å²) in [5, 5.41) is 0. The predicted molar refractivity (Wildman–Crippen MR) is 115 cm³/mol. The van der Waals surface area contributed by atoms with Crippen LogP contribution in [0.15, 0.2) is 45.9 Å². The highest BCUT2D eigenvalue weighted by Crippen LogP contribution is 2.31. The van der Waals surface area contributed by atoms with Crippen molar-refractivity contribution in [2.45, 2.75) is 20.5 Å². The number of pyridine rings is 1. The van der Waals surface area contributed by atoms with Crippen LogP contribution in [0.1, 0.15) is 17.5 Å². The lowest BCUT2D eigenvalue weighted by Crippen LogP contribution is -2.14. The Morgan fingerprint density at radius 2 is 2.04 bits per heavy atom. The Balaban J connectivity index is 1.68. The smallest absolute Gasteiger partial charge is 0.228 e. The predicted octanol–water partition coefficient (Wildman–Crippen LogP) is 5.61. The van der Waals surface area contributed by atoms with Crippen molar-refractivity contribution < 1.29 is 9.13 Å². The third-order valence-corrected chi connectivity index (χ3v) is 5.38. The lowest BCUT2D eigenvalue weighted by Gasteiger charge is -2.11. The zero-order valence-corrected chi connectivity index (χ0v) is 18.2. The lowest BCUT2D eigenvalue weighted by atomic mass is 10.1. The average molecular weight is 463 g/mol.